The quantitative estimate of drug-likeness (QED) is 0.817. The Labute approximate surface area is 91.1 Å². The summed E-state index contributed by atoms with van der Waals surface area (Å²) in [5, 5.41) is 0.628. The van der Waals surface area contributed by atoms with Crippen molar-refractivity contribution in [2.45, 2.75) is 52.4 Å². The molecular formula is C11H19ClN2. The zero-order chi connectivity index (χ0) is 10.8. The molecule has 0 fully saturated rings. The molecule has 0 aliphatic carbocycles. The number of nitrogens with one attached hydrogen (secondary N) is 1. The molecule has 0 radical (unpaired) electrons. The van der Waals surface area contributed by atoms with Crippen LogP contribution in [0.5, 0.6) is 0 Å². The second kappa shape index (κ2) is 4.35. The Balaban J connectivity index is 2.83. The van der Waals surface area contributed by atoms with Crippen LogP contribution in [-0.2, 0) is 11.8 Å². The summed E-state index contributed by atoms with van der Waals surface area (Å²) in [6.45, 7) is 8.58. The van der Waals surface area contributed by atoms with E-state index in [1.807, 2.05) is 0 Å². The predicted molar refractivity (Wildman–Crippen MR) is 60.9 cm³/mol. The van der Waals surface area contributed by atoms with E-state index in [1.54, 1.807) is 0 Å². The lowest BCUT2D eigenvalue weighted by molar-refractivity contribution is 0.570. The van der Waals surface area contributed by atoms with Crippen molar-refractivity contribution in [3.63, 3.8) is 0 Å². The van der Waals surface area contributed by atoms with Gasteiger partial charge in [0.25, 0.3) is 0 Å². The number of hydrogen-bond donors (Lipinski definition) is 1. The van der Waals surface area contributed by atoms with Crippen LogP contribution in [0, 0.1) is 0 Å². The van der Waals surface area contributed by atoms with E-state index in [-0.39, 0.29) is 5.41 Å². The van der Waals surface area contributed by atoms with Crippen molar-refractivity contribution in [2.75, 3.05) is 0 Å². The Morgan fingerprint density at radius 1 is 1.36 bits per heavy atom. The van der Waals surface area contributed by atoms with Crippen molar-refractivity contribution in [3.8, 4) is 0 Å². The molecule has 1 rings (SSSR count). The third kappa shape index (κ3) is 2.74. The molecule has 0 saturated carbocycles. The van der Waals surface area contributed by atoms with Gasteiger partial charge in [0, 0.05) is 11.8 Å². The summed E-state index contributed by atoms with van der Waals surface area (Å²) in [7, 11) is 0. The molecule has 0 amide bonds. The number of imidazole rings is 1. The molecule has 0 atom stereocenters. The topological polar surface area (TPSA) is 28.7 Å². The SMILES string of the molecule is CCCCc1nc(Cl)c(C(C)(C)C)[nH]1. The maximum Gasteiger partial charge on any atom is 0.150 e. The van der Waals surface area contributed by atoms with Gasteiger partial charge in [-0.25, -0.2) is 4.98 Å². The van der Waals surface area contributed by atoms with E-state index in [9.17, 15) is 0 Å². The molecule has 2 nitrogen and oxygen atoms in total. The zero-order valence-electron chi connectivity index (χ0n) is 9.45. The minimum atomic E-state index is 0.0501. The van der Waals surface area contributed by atoms with Gasteiger partial charge in [-0.3, -0.25) is 0 Å². The van der Waals surface area contributed by atoms with Gasteiger partial charge in [0.1, 0.15) is 5.82 Å². The van der Waals surface area contributed by atoms with Gasteiger partial charge in [-0.2, -0.15) is 0 Å². The Hall–Kier alpha value is -0.500. The number of nitrogens with zero attached hydrogens (tertiary/aromatic N) is 1. The van der Waals surface area contributed by atoms with Crippen molar-refractivity contribution in [1.82, 2.24) is 9.97 Å². The van der Waals surface area contributed by atoms with Crippen molar-refractivity contribution < 1.29 is 0 Å². The monoisotopic (exact) mass is 214 g/mol. The van der Waals surface area contributed by atoms with Gasteiger partial charge in [0.2, 0.25) is 0 Å². The third-order valence-electron chi connectivity index (χ3n) is 2.23. The normalized spacial score (nSPS) is 12.1. The summed E-state index contributed by atoms with van der Waals surface area (Å²) in [6.07, 6.45) is 3.34. The molecule has 0 aromatic carbocycles. The van der Waals surface area contributed by atoms with Gasteiger partial charge >= 0.3 is 0 Å². The first-order valence-corrected chi connectivity index (χ1v) is 5.57. The lowest BCUT2D eigenvalue weighted by Gasteiger charge is -2.16. The molecule has 0 spiro atoms. The van der Waals surface area contributed by atoms with Crippen LogP contribution >= 0.6 is 11.6 Å². The number of H-pyrrole nitrogens is 1. The van der Waals surface area contributed by atoms with Gasteiger partial charge in [0.15, 0.2) is 5.15 Å². The number of unbranched alkanes of at least 4 members (excludes halogenated alkanes) is 1. The molecule has 0 bridgehead atoms. The Morgan fingerprint density at radius 3 is 2.43 bits per heavy atom. The molecule has 80 valence electrons. The lowest BCUT2D eigenvalue weighted by atomic mass is 9.93. The molecule has 0 saturated heterocycles. The van der Waals surface area contributed by atoms with E-state index in [2.05, 4.69) is 37.7 Å². The van der Waals surface area contributed by atoms with Gasteiger partial charge < -0.3 is 4.98 Å². The maximum atomic E-state index is 6.07. The standard InChI is InChI=1S/C11H19ClN2/c1-5-6-7-8-13-9(10(12)14-8)11(2,3)4/h5-7H2,1-4H3,(H,13,14). The Kier molecular flexibility index (Phi) is 3.59. The molecule has 1 heterocycles. The summed E-state index contributed by atoms with van der Waals surface area (Å²) in [5.41, 5.74) is 1.10. The van der Waals surface area contributed by atoms with Crippen LogP contribution < -0.4 is 0 Å². The first-order chi connectivity index (χ1) is 6.45. The molecular weight excluding hydrogens is 196 g/mol. The summed E-state index contributed by atoms with van der Waals surface area (Å²) in [4.78, 5) is 7.64. The lowest BCUT2D eigenvalue weighted by Crippen LogP contribution is -2.12. The minimum Gasteiger partial charge on any atom is -0.344 e. The van der Waals surface area contributed by atoms with E-state index >= 15 is 0 Å². The molecule has 14 heavy (non-hydrogen) atoms. The second-order valence-corrected chi connectivity index (χ2v) is 5.06. The molecule has 0 aliphatic rings. The van der Waals surface area contributed by atoms with Gasteiger partial charge in [-0.05, 0) is 6.42 Å². The molecule has 1 aromatic heterocycles. The zero-order valence-corrected chi connectivity index (χ0v) is 10.2. The molecule has 0 aliphatic heterocycles. The number of halogens is 1. The fraction of sp³-hybridized carbons (Fsp3) is 0.727. The third-order valence-corrected chi connectivity index (χ3v) is 2.50. The fourth-order valence-electron chi connectivity index (χ4n) is 1.36. The van der Waals surface area contributed by atoms with Crippen LogP contribution in [0.1, 0.15) is 52.1 Å². The highest BCUT2D eigenvalue weighted by atomic mass is 35.5. The summed E-state index contributed by atoms with van der Waals surface area (Å²) < 4.78 is 0. The molecule has 3 heteroatoms. The van der Waals surface area contributed by atoms with Crippen LogP contribution in [0.2, 0.25) is 5.15 Å². The highest BCUT2D eigenvalue weighted by molar-refractivity contribution is 6.30. The van der Waals surface area contributed by atoms with E-state index in [0.29, 0.717) is 5.15 Å². The largest absolute Gasteiger partial charge is 0.344 e. The average Bonchev–Trinajstić information content (AvgIpc) is 2.42. The van der Waals surface area contributed by atoms with E-state index < -0.39 is 0 Å². The van der Waals surface area contributed by atoms with Crippen molar-refractivity contribution in [1.29, 1.82) is 0 Å². The number of hydrogen-bond acceptors (Lipinski definition) is 1. The molecule has 0 unspecified atom stereocenters. The van der Waals surface area contributed by atoms with Crippen LogP contribution in [-0.4, -0.2) is 9.97 Å². The highest BCUT2D eigenvalue weighted by Gasteiger charge is 2.20. The number of aryl methyl sites for hydroxylation is 1. The Morgan fingerprint density at radius 2 is 2.00 bits per heavy atom. The number of aromatic nitrogens is 2. The van der Waals surface area contributed by atoms with Gasteiger partial charge in [-0.1, -0.05) is 45.7 Å². The van der Waals surface area contributed by atoms with E-state index in [1.165, 1.54) is 6.42 Å². The molecule has 1 aromatic rings. The molecule has 1 N–H and O–H groups in total. The average molecular weight is 215 g/mol. The van der Waals surface area contributed by atoms with Crippen molar-refractivity contribution in [2.24, 2.45) is 0 Å². The van der Waals surface area contributed by atoms with Gasteiger partial charge in [-0.15, -0.1) is 0 Å². The first kappa shape index (κ1) is 11.6. The first-order valence-electron chi connectivity index (χ1n) is 5.20. The maximum absolute atomic E-state index is 6.07. The van der Waals surface area contributed by atoms with E-state index in [0.717, 1.165) is 24.4 Å². The summed E-state index contributed by atoms with van der Waals surface area (Å²) >= 11 is 6.07. The number of rotatable bonds is 3. The minimum absolute atomic E-state index is 0.0501. The smallest absolute Gasteiger partial charge is 0.150 e. The van der Waals surface area contributed by atoms with Crippen LogP contribution in [0.4, 0.5) is 0 Å². The summed E-state index contributed by atoms with van der Waals surface area (Å²) in [6, 6.07) is 0. The van der Waals surface area contributed by atoms with Crippen LogP contribution in [0.3, 0.4) is 0 Å². The van der Waals surface area contributed by atoms with Crippen LogP contribution in [0.15, 0.2) is 0 Å². The van der Waals surface area contributed by atoms with Gasteiger partial charge in [0.05, 0.1) is 5.69 Å². The number of aromatic amines is 1. The second-order valence-electron chi connectivity index (χ2n) is 4.70. The van der Waals surface area contributed by atoms with Crippen molar-refractivity contribution >= 4 is 11.6 Å². The predicted octanol–water partition coefficient (Wildman–Crippen LogP) is 3.70. The summed E-state index contributed by atoms with van der Waals surface area (Å²) in [5.74, 6) is 1.02. The fourth-order valence-corrected chi connectivity index (χ4v) is 1.79. The van der Waals surface area contributed by atoms with Crippen LogP contribution in [0.25, 0.3) is 0 Å². The highest BCUT2D eigenvalue weighted by Crippen LogP contribution is 2.27. The van der Waals surface area contributed by atoms with Crippen molar-refractivity contribution in [3.05, 3.63) is 16.7 Å². The van der Waals surface area contributed by atoms with E-state index in [4.69, 9.17) is 11.6 Å². The Bertz CT molecular complexity index is 297.